The first kappa shape index (κ1) is 34.7. The number of rotatable bonds is 13. The second kappa shape index (κ2) is 14.8. The van der Waals surface area contributed by atoms with E-state index in [-0.39, 0.29) is 16.1 Å². The second-order valence-corrected chi connectivity index (χ2v) is 17.4. The number of benzene rings is 3. The summed E-state index contributed by atoms with van der Waals surface area (Å²) in [6.07, 6.45) is 6.74. The molecule has 1 aliphatic heterocycles. The molecule has 256 valence electrons. The van der Waals surface area contributed by atoms with Crippen LogP contribution in [0.3, 0.4) is 0 Å². The number of hydrogen-bond donors (Lipinski definition) is 1. The molecular weight excluding hydrogens is 676 g/mol. The maximum Gasteiger partial charge on any atom is 0.211 e. The van der Waals surface area contributed by atoms with Crippen molar-refractivity contribution in [1.82, 2.24) is 23.1 Å². The number of nitrogens with zero attached hydrogens (tertiary/aromatic N) is 5. The smallest absolute Gasteiger partial charge is 0.211 e. The third-order valence-electron chi connectivity index (χ3n) is 7.85. The van der Waals surface area contributed by atoms with E-state index in [0.29, 0.717) is 36.2 Å². The number of halogens is 1. The molecule has 0 saturated carbocycles. The van der Waals surface area contributed by atoms with Gasteiger partial charge in [-0.15, -0.1) is 0 Å². The lowest BCUT2D eigenvalue weighted by Gasteiger charge is -2.28. The molecule has 1 unspecified atom stereocenters. The largest absolute Gasteiger partial charge is 0.454 e. The molecule has 3 heterocycles. The molecule has 12 heteroatoms. The van der Waals surface area contributed by atoms with Crippen LogP contribution in [-0.4, -0.2) is 56.3 Å². The van der Waals surface area contributed by atoms with Gasteiger partial charge in [-0.1, -0.05) is 104 Å². The fourth-order valence-corrected chi connectivity index (χ4v) is 8.70. The summed E-state index contributed by atoms with van der Waals surface area (Å²) in [7, 11) is -3.58. The quantitative estimate of drug-likeness (QED) is 0.123. The van der Waals surface area contributed by atoms with Crippen LogP contribution in [-0.2, 0) is 28.9 Å². The minimum atomic E-state index is -3.38. The Morgan fingerprint density at radius 1 is 0.959 bits per heavy atom. The van der Waals surface area contributed by atoms with Crippen LogP contribution in [0, 0.1) is 5.41 Å². The Hall–Kier alpha value is -4.16. The Morgan fingerprint density at radius 3 is 2.35 bits per heavy atom. The van der Waals surface area contributed by atoms with Gasteiger partial charge in [0.05, 0.1) is 29.5 Å². The summed E-state index contributed by atoms with van der Waals surface area (Å²) in [6, 6.07) is 28.4. The summed E-state index contributed by atoms with van der Waals surface area (Å²) in [5, 5.41) is 6.02. The van der Waals surface area contributed by atoms with Crippen molar-refractivity contribution < 1.29 is 13.2 Å². The predicted octanol–water partition coefficient (Wildman–Crippen LogP) is 8.06. The number of ether oxygens (including phenoxy) is 1. The van der Waals surface area contributed by atoms with Gasteiger partial charge in [-0.05, 0) is 40.8 Å². The van der Waals surface area contributed by atoms with E-state index >= 15 is 0 Å². The van der Waals surface area contributed by atoms with Crippen molar-refractivity contribution in [2.75, 3.05) is 24.7 Å². The molecule has 3 aromatic carbocycles. The maximum atomic E-state index is 12.5. The number of anilines is 2. The number of fused-ring (bicyclic) bond motifs is 1. The Kier molecular flexibility index (Phi) is 10.4. The van der Waals surface area contributed by atoms with Gasteiger partial charge >= 0.3 is 0 Å². The van der Waals surface area contributed by atoms with Gasteiger partial charge in [-0.25, -0.2) is 18.4 Å². The molecule has 1 aliphatic rings. The van der Waals surface area contributed by atoms with E-state index in [9.17, 15) is 8.42 Å². The molecule has 0 fully saturated rings. The Balaban J connectivity index is 1.19. The van der Waals surface area contributed by atoms with Gasteiger partial charge in [0.1, 0.15) is 17.6 Å². The van der Waals surface area contributed by atoms with Gasteiger partial charge in [0, 0.05) is 42.6 Å². The van der Waals surface area contributed by atoms with E-state index in [1.807, 2.05) is 67.9 Å². The van der Waals surface area contributed by atoms with Gasteiger partial charge in [-0.3, -0.25) is 0 Å². The summed E-state index contributed by atoms with van der Waals surface area (Å²) in [5.41, 5.74) is 4.58. The molecule has 0 bridgehead atoms. The van der Waals surface area contributed by atoms with E-state index in [1.54, 1.807) is 0 Å². The average Bonchev–Trinajstić information content (AvgIpc) is 3.64. The SMILES string of the molecule is CC(C)(C)CN(CCn1ccc2ncnc(Nc3ccc(OC4=CN(Cc5ccccc5)S(Cc5ccccc5)=C4)c(Cl)c3)c21)S(C)(=O)=O. The molecule has 1 N–H and O–H groups in total. The minimum Gasteiger partial charge on any atom is -0.454 e. The van der Waals surface area contributed by atoms with Crippen molar-refractivity contribution in [3.63, 3.8) is 0 Å². The molecule has 0 saturated heterocycles. The molecule has 1 atom stereocenters. The number of aromatic nitrogens is 3. The lowest BCUT2D eigenvalue weighted by molar-refractivity contribution is 0.277. The van der Waals surface area contributed by atoms with Crippen LogP contribution in [0.5, 0.6) is 5.75 Å². The monoisotopic (exact) mass is 716 g/mol. The summed E-state index contributed by atoms with van der Waals surface area (Å²) < 4.78 is 37.3. The molecular formula is C37H41ClN6O3S2. The van der Waals surface area contributed by atoms with Crippen molar-refractivity contribution in [2.24, 2.45) is 5.41 Å². The molecule has 0 aliphatic carbocycles. The average molecular weight is 717 g/mol. The number of hydrogen-bond acceptors (Lipinski definition) is 7. The first-order valence-electron chi connectivity index (χ1n) is 16.0. The van der Waals surface area contributed by atoms with E-state index < -0.39 is 10.0 Å². The summed E-state index contributed by atoms with van der Waals surface area (Å²) in [5.74, 6) is 2.78. The number of allylic oxidation sites excluding steroid dienone is 1. The van der Waals surface area contributed by atoms with Crippen LogP contribution < -0.4 is 10.1 Å². The highest BCUT2D eigenvalue weighted by molar-refractivity contribution is 8.12. The van der Waals surface area contributed by atoms with Crippen molar-refractivity contribution in [1.29, 1.82) is 0 Å². The van der Waals surface area contributed by atoms with Crippen LogP contribution in [0.1, 0.15) is 31.9 Å². The number of sulfonamides is 1. The zero-order valence-electron chi connectivity index (χ0n) is 28.1. The third-order valence-corrected chi connectivity index (χ3v) is 11.4. The highest BCUT2D eigenvalue weighted by Crippen LogP contribution is 2.36. The van der Waals surface area contributed by atoms with Crippen molar-refractivity contribution in [2.45, 2.75) is 39.6 Å². The molecule has 2 aromatic heterocycles. The molecule has 49 heavy (non-hydrogen) atoms. The summed E-state index contributed by atoms with van der Waals surface area (Å²) >= 11 is 6.80. The highest BCUT2D eigenvalue weighted by atomic mass is 35.5. The van der Waals surface area contributed by atoms with Crippen molar-refractivity contribution >= 4 is 60.2 Å². The first-order valence-corrected chi connectivity index (χ1v) is 19.7. The fourth-order valence-electron chi connectivity index (χ4n) is 5.60. The molecule has 5 aromatic rings. The van der Waals surface area contributed by atoms with Crippen LogP contribution in [0.2, 0.25) is 5.02 Å². The highest BCUT2D eigenvalue weighted by Gasteiger charge is 2.24. The Bertz CT molecular complexity index is 2100. The molecule has 0 spiro atoms. The van der Waals surface area contributed by atoms with E-state index in [0.717, 1.165) is 34.8 Å². The van der Waals surface area contributed by atoms with Crippen molar-refractivity contribution in [3.05, 3.63) is 126 Å². The van der Waals surface area contributed by atoms with Gasteiger partial charge in [0.25, 0.3) is 0 Å². The van der Waals surface area contributed by atoms with Gasteiger partial charge in [-0.2, -0.15) is 4.31 Å². The topological polar surface area (TPSA) is 92.6 Å². The maximum absolute atomic E-state index is 12.5. The zero-order chi connectivity index (χ0) is 34.6. The summed E-state index contributed by atoms with van der Waals surface area (Å²) in [6.45, 7) is 8.05. The van der Waals surface area contributed by atoms with E-state index in [1.165, 1.54) is 28.0 Å². The second-order valence-electron chi connectivity index (χ2n) is 13.2. The third kappa shape index (κ3) is 9.10. The van der Waals surface area contributed by atoms with E-state index in [2.05, 4.69) is 79.7 Å². The normalized spacial score (nSPS) is 15.0. The van der Waals surface area contributed by atoms with Gasteiger partial charge < -0.3 is 18.9 Å². The van der Waals surface area contributed by atoms with Gasteiger partial charge in [0.2, 0.25) is 10.0 Å². The Morgan fingerprint density at radius 2 is 1.67 bits per heavy atom. The molecule has 0 radical (unpaired) electrons. The standard InChI is InChI=1S/C37H41ClN6O3S2/c1-37(2,3)26-44(49(4,45)46)20-19-42-18-17-33-35(42)36(40-27-39-33)41-30-15-16-34(32(38)21-30)47-31-23-43(22-28-11-7-5-8-12-28)48(25-31)24-29-13-9-6-10-14-29/h5-18,21,23,25,27H,19-20,22,24,26H2,1-4H3,(H,39,40,41). The Labute approximate surface area is 296 Å². The number of nitrogens with one attached hydrogen (secondary N) is 1. The lowest BCUT2D eigenvalue weighted by atomic mass is 9.97. The lowest BCUT2D eigenvalue weighted by Crippen LogP contribution is -2.39. The van der Waals surface area contributed by atoms with Gasteiger partial charge in [0.15, 0.2) is 11.6 Å². The molecule has 6 rings (SSSR count). The van der Waals surface area contributed by atoms with E-state index in [4.69, 9.17) is 16.3 Å². The van der Waals surface area contributed by atoms with Crippen LogP contribution >= 0.6 is 22.3 Å². The summed E-state index contributed by atoms with van der Waals surface area (Å²) in [4.78, 5) is 8.95. The van der Waals surface area contributed by atoms with Crippen molar-refractivity contribution in [3.8, 4) is 5.75 Å². The molecule has 9 nitrogen and oxygen atoms in total. The van der Waals surface area contributed by atoms with Crippen LogP contribution in [0.15, 0.2) is 109 Å². The fraction of sp³-hybridized carbons (Fsp3) is 0.270. The first-order chi connectivity index (χ1) is 23.4. The van der Waals surface area contributed by atoms with Crippen LogP contribution in [0.25, 0.3) is 11.0 Å². The minimum absolute atomic E-state index is 0.176. The zero-order valence-corrected chi connectivity index (χ0v) is 30.5. The van der Waals surface area contributed by atoms with Crippen LogP contribution in [0.4, 0.5) is 11.5 Å². The molecule has 0 amide bonds. The predicted molar refractivity (Wildman–Crippen MR) is 203 cm³/mol.